The first-order chi connectivity index (χ1) is 12.0. The van der Waals surface area contributed by atoms with E-state index < -0.39 is 0 Å². The minimum atomic E-state index is -0.113. The van der Waals surface area contributed by atoms with E-state index in [2.05, 4.69) is 5.10 Å². The van der Waals surface area contributed by atoms with E-state index in [-0.39, 0.29) is 17.9 Å². The number of benzene rings is 1. The lowest BCUT2D eigenvalue weighted by atomic mass is 10.0. The van der Waals surface area contributed by atoms with Crippen molar-refractivity contribution in [2.45, 2.75) is 33.4 Å². The minimum Gasteiger partial charge on any atom is -0.334 e. The van der Waals surface area contributed by atoms with E-state index in [1.54, 1.807) is 11.6 Å². The fourth-order valence-electron chi connectivity index (χ4n) is 3.36. The molecule has 1 fully saturated rings. The molecule has 132 valence electrons. The lowest BCUT2D eigenvalue weighted by Crippen LogP contribution is -2.51. The Bertz CT molecular complexity index is 769. The van der Waals surface area contributed by atoms with Gasteiger partial charge in [-0.2, -0.15) is 5.10 Å². The second-order valence-corrected chi connectivity index (χ2v) is 6.37. The van der Waals surface area contributed by atoms with Gasteiger partial charge >= 0.3 is 0 Å². The Morgan fingerprint density at radius 1 is 1.20 bits per heavy atom. The molecule has 1 atom stereocenters. The standard InChI is InChI=1S/C19H24N4O2/c1-4-22-12-17(14(2)20-22)19(25)21-10-11-23(15(3)24)18(13-21)16-8-6-5-7-9-16/h5-9,12,18H,4,10-11,13H2,1-3H3. The van der Waals surface area contributed by atoms with E-state index in [0.717, 1.165) is 17.8 Å². The van der Waals surface area contributed by atoms with Crippen molar-refractivity contribution in [3.8, 4) is 0 Å². The first kappa shape index (κ1) is 17.2. The summed E-state index contributed by atoms with van der Waals surface area (Å²) in [5, 5.41) is 4.37. The van der Waals surface area contributed by atoms with Crippen molar-refractivity contribution in [2.24, 2.45) is 0 Å². The Morgan fingerprint density at radius 2 is 1.92 bits per heavy atom. The van der Waals surface area contributed by atoms with Crippen molar-refractivity contribution < 1.29 is 9.59 Å². The SMILES string of the molecule is CCn1cc(C(=O)N2CCN(C(C)=O)C(c3ccccc3)C2)c(C)n1. The van der Waals surface area contributed by atoms with E-state index in [1.807, 2.05) is 60.2 Å². The summed E-state index contributed by atoms with van der Waals surface area (Å²) >= 11 is 0. The maximum atomic E-state index is 13.0. The molecule has 0 N–H and O–H groups in total. The molecule has 1 aromatic carbocycles. The predicted molar refractivity (Wildman–Crippen MR) is 95.1 cm³/mol. The van der Waals surface area contributed by atoms with Crippen molar-refractivity contribution in [2.75, 3.05) is 19.6 Å². The Labute approximate surface area is 148 Å². The fourth-order valence-corrected chi connectivity index (χ4v) is 3.36. The van der Waals surface area contributed by atoms with Crippen LogP contribution in [0.2, 0.25) is 0 Å². The quantitative estimate of drug-likeness (QED) is 0.861. The van der Waals surface area contributed by atoms with Gasteiger partial charge in [-0.05, 0) is 19.4 Å². The highest BCUT2D eigenvalue weighted by Gasteiger charge is 2.33. The number of aryl methyl sites for hydroxylation is 2. The first-order valence-corrected chi connectivity index (χ1v) is 8.66. The molecule has 0 bridgehead atoms. The van der Waals surface area contributed by atoms with Gasteiger partial charge in [0.15, 0.2) is 0 Å². The van der Waals surface area contributed by atoms with Crippen LogP contribution in [0.5, 0.6) is 0 Å². The summed E-state index contributed by atoms with van der Waals surface area (Å²) in [5.74, 6) is 0.0252. The van der Waals surface area contributed by atoms with Gasteiger partial charge in [-0.25, -0.2) is 0 Å². The van der Waals surface area contributed by atoms with Gasteiger partial charge in [-0.3, -0.25) is 14.3 Å². The molecule has 1 aliphatic rings. The van der Waals surface area contributed by atoms with E-state index in [4.69, 9.17) is 0 Å². The Balaban J connectivity index is 1.85. The number of piperazine rings is 1. The number of carbonyl (C=O) groups is 2. The van der Waals surface area contributed by atoms with Gasteiger partial charge in [0.2, 0.25) is 5.91 Å². The van der Waals surface area contributed by atoms with Crippen LogP contribution in [0.3, 0.4) is 0 Å². The molecule has 6 nitrogen and oxygen atoms in total. The molecule has 0 radical (unpaired) electrons. The van der Waals surface area contributed by atoms with Gasteiger partial charge in [-0.15, -0.1) is 0 Å². The average Bonchev–Trinajstić information content (AvgIpc) is 3.02. The number of amides is 2. The zero-order valence-electron chi connectivity index (χ0n) is 15.0. The average molecular weight is 340 g/mol. The minimum absolute atomic E-state index is 0.0127. The lowest BCUT2D eigenvalue weighted by Gasteiger charge is -2.41. The van der Waals surface area contributed by atoms with Gasteiger partial charge in [0.25, 0.3) is 5.91 Å². The van der Waals surface area contributed by atoms with Gasteiger partial charge in [0, 0.05) is 39.3 Å². The molecule has 1 aromatic heterocycles. The topological polar surface area (TPSA) is 58.4 Å². The number of nitrogens with zero attached hydrogens (tertiary/aromatic N) is 4. The normalized spacial score (nSPS) is 17.6. The zero-order valence-corrected chi connectivity index (χ0v) is 15.0. The highest BCUT2D eigenvalue weighted by atomic mass is 16.2. The van der Waals surface area contributed by atoms with Crippen molar-refractivity contribution >= 4 is 11.8 Å². The smallest absolute Gasteiger partial charge is 0.257 e. The molecule has 6 heteroatoms. The van der Waals surface area contributed by atoms with E-state index in [1.165, 1.54) is 0 Å². The number of hydrogen-bond donors (Lipinski definition) is 0. The summed E-state index contributed by atoms with van der Waals surface area (Å²) in [6.45, 7) is 7.76. The Morgan fingerprint density at radius 3 is 2.52 bits per heavy atom. The maximum absolute atomic E-state index is 13.0. The van der Waals surface area contributed by atoms with Crippen molar-refractivity contribution in [3.05, 3.63) is 53.3 Å². The number of hydrogen-bond acceptors (Lipinski definition) is 3. The van der Waals surface area contributed by atoms with Crippen LogP contribution >= 0.6 is 0 Å². The van der Waals surface area contributed by atoms with E-state index >= 15 is 0 Å². The summed E-state index contributed by atoms with van der Waals surface area (Å²) in [4.78, 5) is 28.7. The highest BCUT2D eigenvalue weighted by Crippen LogP contribution is 2.26. The van der Waals surface area contributed by atoms with Crippen LogP contribution in [0.15, 0.2) is 36.5 Å². The molecule has 0 spiro atoms. The summed E-state index contributed by atoms with van der Waals surface area (Å²) in [7, 11) is 0. The van der Waals surface area contributed by atoms with Gasteiger partial charge in [-0.1, -0.05) is 30.3 Å². The number of rotatable bonds is 3. The van der Waals surface area contributed by atoms with Crippen LogP contribution in [0.25, 0.3) is 0 Å². The molecular weight excluding hydrogens is 316 g/mol. The fraction of sp³-hybridized carbons (Fsp3) is 0.421. The zero-order chi connectivity index (χ0) is 18.0. The molecule has 2 heterocycles. The molecule has 0 saturated carbocycles. The van der Waals surface area contributed by atoms with Crippen LogP contribution in [-0.4, -0.2) is 51.0 Å². The second kappa shape index (κ2) is 7.09. The molecule has 3 rings (SSSR count). The van der Waals surface area contributed by atoms with Crippen LogP contribution in [0, 0.1) is 6.92 Å². The van der Waals surface area contributed by atoms with Crippen LogP contribution in [-0.2, 0) is 11.3 Å². The van der Waals surface area contributed by atoms with E-state index in [9.17, 15) is 9.59 Å². The molecule has 25 heavy (non-hydrogen) atoms. The third-order valence-corrected chi connectivity index (χ3v) is 4.76. The van der Waals surface area contributed by atoms with Gasteiger partial charge < -0.3 is 9.80 Å². The lowest BCUT2D eigenvalue weighted by molar-refractivity contribution is -0.133. The predicted octanol–water partition coefficient (Wildman–Crippen LogP) is 2.26. The second-order valence-electron chi connectivity index (χ2n) is 6.37. The summed E-state index contributed by atoms with van der Waals surface area (Å²) < 4.78 is 1.78. The van der Waals surface area contributed by atoms with Crippen LogP contribution in [0.1, 0.15) is 41.5 Å². The Hall–Kier alpha value is -2.63. The summed E-state index contributed by atoms with van der Waals surface area (Å²) in [6, 6.07) is 9.78. The third kappa shape index (κ3) is 3.43. The molecule has 1 unspecified atom stereocenters. The highest BCUT2D eigenvalue weighted by molar-refractivity contribution is 5.95. The largest absolute Gasteiger partial charge is 0.334 e. The Kier molecular flexibility index (Phi) is 4.88. The maximum Gasteiger partial charge on any atom is 0.257 e. The molecular formula is C19H24N4O2. The third-order valence-electron chi connectivity index (χ3n) is 4.76. The number of aromatic nitrogens is 2. The molecule has 1 aliphatic heterocycles. The number of carbonyl (C=O) groups excluding carboxylic acids is 2. The van der Waals surface area contributed by atoms with Crippen molar-refractivity contribution in [1.29, 1.82) is 0 Å². The van der Waals surface area contributed by atoms with Crippen LogP contribution < -0.4 is 0 Å². The first-order valence-electron chi connectivity index (χ1n) is 8.66. The summed E-state index contributed by atoms with van der Waals surface area (Å²) in [6.07, 6.45) is 1.81. The van der Waals surface area contributed by atoms with Gasteiger partial charge in [0.1, 0.15) is 0 Å². The van der Waals surface area contributed by atoms with Crippen molar-refractivity contribution in [1.82, 2.24) is 19.6 Å². The monoisotopic (exact) mass is 340 g/mol. The summed E-state index contributed by atoms with van der Waals surface area (Å²) in [5.41, 5.74) is 2.44. The molecule has 0 aliphatic carbocycles. The van der Waals surface area contributed by atoms with E-state index in [0.29, 0.717) is 25.2 Å². The van der Waals surface area contributed by atoms with Gasteiger partial charge in [0.05, 0.1) is 17.3 Å². The molecule has 2 aromatic rings. The van der Waals surface area contributed by atoms with Crippen molar-refractivity contribution in [3.63, 3.8) is 0 Å². The van der Waals surface area contributed by atoms with Crippen LogP contribution in [0.4, 0.5) is 0 Å². The molecule has 2 amide bonds. The molecule has 1 saturated heterocycles.